The average Bonchev–Trinajstić information content (AvgIpc) is 3.06. The lowest BCUT2D eigenvalue weighted by molar-refractivity contribution is -0.120. The van der Waals surface area contributed by atoms with Crippen molar-refractivity contribution in [3.63, 3.8) is 0 Å². The molecular weight excluding hydrogens is 330 g/mol. The molecule has 2 rings (SSSR count). The van der Waals surface area contributed by atoms with Crippen LogP contribution in [0.25, 0.3) is 11.8 Å². The lowest BCUT2D eigenvalue weighted by Crippen LogP contribution is -2.29. The van der Waals surface area contributed by atoms with Crippen LogP contribution < -0.4 is 11.1 Å². The summed E-state index contributed by atoms with van der Waals surface area (Å²) in [7, 11) is 0. The molecular formula is C19H27N5O2. The van der Waals surface area contributed by atoms with Gasteiger partial charge < -0.3 is 16.2 Å². The van der Waals surface area contributed by atoms with Gasteiger partial charge in [0.05, 0.1) is 6.20 Å². The average molecular weight is 357 g/mol. The number of aromatic hydroxyl groups is 1. The van der Waals surface area contributed by atoms with Crippen LogP contribution in [0.3, 0.4) is 0 Å². The number of amides is 1. The second-order valence-electron chi connectivity index (χ2n) is 7.16. The largest absolute Gasteiger partial charge is 0.505 e. The predicted octanol–water partition coefficient (Wildman–Crippen LogP) is 1.92. The molecule has 0 unspecified atom stereocenters. The fourth-order valence-corrected chi connectivity index (χ4v) is 2.59. The third kappa shape index (κ3) is 4.70. The van der Waals surface area contributed by atoms with Crippen LogP contribution in [0.5, 0.6) is 5.75 Å². The number of benzene rings is 1. The molecule has 1 heterocycles. The van der Waals surface area contributed by atoms with E-state index in [1.807, 2.05) is 32.9 Å². The van der Waals surface area contributed by atoms with Crippen molar-refractivity contribution in [2.24, 2.45) is 5.73 Å². The summed E-state index contributed by atoms with van der Waals surface area (Å²) in [6, 6.07) is 3.75. The summed E-state index contributed by atoms with van der Waals surface area (Å²) in [5.41, 5.74) is 7.95. The maximum absolute atomic E-state index is 11.9. The SMILES string of the molecule is C=Cc1cnn(-c2cc(CCC(=O)NCCN)cc(C(C)(C)C)c2O)n1. The van der Waals surface area contributed by atoms with Crippen LogP contribution in [0.15, 0.2) is 24.9 Å². The van der Waals surface area contributed by atoms with Crippen LogP contribution in [0, 0.1) is 0 Å². The number of nitrogens with two attached hydrogens (primary N) is 1. The Bertz CT molecular complexity index is 790. The number of carbonyl (C=O) groups excluding carboxylic acids is 1. The first-order valence-electron chi connectivity index (χ1n) is 8.64. The van der Waals surface area contributed by atoms with Gasteiger partial charge in [-0.25, -0.2) is 0 Å². The topological polar surface area (TPSA) is 106 Å². The first kappa shape index (κ1) is 19.7. The number of hydrogen-bond acceptors (Lipinski definition) is 5. The second kappa shape index (κ2) is 8.14. The molecule has 0 saturated carbocycles. The number of nitrogens with zero attached hydrogens (tertiary/aromatic N) is 3. The van der Waals surface area contributed by atoms with Gasteiger partial charge in [-0.3, -0.25) is 4.79 Å². The molecule has 0 aliphatic carbocycles. The van der Waals surface area contributed by atoms with E-state index in [0.717, 1.165) is 11.1 Å². The molecule has 1 aromatic heterocycles. The van der Waals surface area contributed by atoms with Gasteiger partial charge in [0, 0.05) is 25.1 Å². The molecule has 7 heteroatoms. The summed E-state index contributed by atoms with van der Waals surface area (Å²) < 4.78 is 0. The minimum absolute atomic E-state index is 0.0476. The molecule has 4 N–H and O–H groups in total. The maximum atomic E-state index is 11.9. The van der Waals surface area contributed by atoms with Crippen molar-refractivity contribution in [3.8, 4) is 11.4 Å². The Balaban J connectivity index is 2.38. The fourth-order valence-electron chi connectivity index (χ4n) is 2.59. The molecule has 1 aromatic carbocycles. The number of nitrogens with one attached hydrogen (secondary N) is 1. The molecule has 2 aromatic rings. The molecule has 7 nitrogen and oxygen atoms in total. The molecule has 0 bridgehead atoms. The number of phenols is 1. The van der Waals surface area contributed by atoms with E-state index in [2.05, 4.69) is 22.1 Å². The molecule has 0 saturated heterocycles. The fraction of sp³-hybridized carbons (Fsp3) is 0.421. The predicted molar refractivity (Wildman–Crippen MR) is 102 cm³/mol. The number of hydrogen-bond donors (Lipinski definition) is 3. The van der Waals surface area contributed by atoms with Gasteiger partial charge in [0.1, 0.15) is 17.1 Å². The number of carbonyl (C=O) groups is 1. The van der Waals surface area contributed by atoms with Gasteiger partial charge in [0.15, 0.2) is 0 Å². The Kier molecular flexibility index (Phi) is 6.15. The summed E-state index contributed by atoms with van der Waals surface area (Å²) in [5.74, 6) is 0.0913. The van der Waals surface area contributed by atoms with E-state index in [0.29, 0.717) is 37.3 Å². The second-order valence-corrected chi connectivity index (χ2v) is 7.16. The molecule has 0 atom stereocenters. The zero-order chi connectivity index (χ0) is 19.3. The number of aryl methyl sites for hydroxylation is 1. The highest BCUT2D eigenvalue weighted by atomic mass is 16.3. The standard InChI is InChI=1S/C19H27N5O2/c1-5-14-12-22-24(23-14)16-11-13(6-7-17(25)21-9-8-20)10-15(18(16)26)19(2,3)4/h5,10-12,26H,1,6-9,20H2,2-4H3,(H,21,25). The molecule has 0 fully saturated rings. The zero-order valence-corrected chi connectivity index (χ0v) is 15.6. The molecule has 0 aliphatic rings. The molecule has 26 heavy (non-hydrogen) atoms. The highest BCUT2D eigenvalue weighted by Crippen LogP contribution is 2.36. The van der Waals surface area contributed by atoms with Gasteiger partial charge in [-0.15, -0.1) is 9.90 Å². The Hall–Kier alpha value is -2.67. The highest BCUT2D eigenvalue weighted by Gasteiger charge is 2.23. The normalized spacial score (nSPS) is 11.4. The van der Waals surface area contributed by atoms with E-state index in [1.54, 1.807) is 12.3 Å². The lowest BCUT2D eigenvalue weighted by atomic mass is 9.84. The van der Waals surface area contributed by atoms with Crippen molar-refractivity contribution >= 4 is 12.0 Å². The quantitative estimate of drug-likeness (QED) is 0.702. The van der Waals surface area contributed by atoms with Gasteiger partial charge in [-0.05, 0) is 29.5 Å². The Morgan fingerprint density at radius 2 is 2.15 bits per heavy atom. The number of rotatable bonds is 7. The Labute approximate surface area is 153 Å². The van der Waals surface area contributed by atoms with E-state index < -0.39 is 0 Å². The van der Waals surface area contributed by atoms with Gasteiger partial charge in [0.2, 0.25) is 5.91 Å². The first-order chi connectivity index (χ1) is 12.3. The maximum Gasteiger partial charge on any atom is 0.220 e. The van der Waals surface area contributed by atoms with E-state index >= 15 is 0 Å². The molecule has 0 radical (unpaired) electrons. The van der Waals surface area contributed by atoms with Crippen molar-refractivity contribution in [1.82, 2.24) is 20.3 Å². The first-order valence-corrected chi connectivity index (χ1v) is 8.64. The van der Waals surface area contributed by atoms with Crippen molar-refractivity contribution in [2.75, 3.05) is 13.1 Å². The van der Waals surface area contributed by atoms with Crippen LogP contribution >= 0.6 is 0 Å². The molecule has 0 aliphatic heterocycles. The third-order valence-electron chi connectivity index (χ3n) is 4.00. The van der Waals surface area contributed by atoms with E-state index in [-0.39, 0.29) is 17.1 Å². The summed E-state index contributed by atoms with van der Waals surface area (Å²) >= 11 is 0. The third-order valence-corrected chi connectivity index (χ3v) is 4.00. The molecule has 1 amide bonds. The van der Waals surface area contributed by atoms with E-state index in [4.69, 9.17) is 5.73 Å². The van der Waals surface area contributed by atoms with E-state index in [9.17, 15) is 9.90 Å². The van der Waals surface area contributed by atoms with Crippen LogP contribution in [-0.4, -0.2) is 39.1 Å². The smallest absolute Gasteiger partial charge is 0.220 e. The van der Waals surface area contributed by atoms with Crippen molar-refractivity contribution in [2.45, 2.75) is 39.0 Å². The van der Waals surface area contributed by atoms with Crippen LogP contribution in [-0.2, 0) is 16.6 Å². The monoisotopic (exact) mass is 357 g/mol. The molecule has 140 valence electrons. The number of phenolic OH excluding ortho intramolecular Hbond substituents is 1. The summed E-state index contributed by atoms with van der Waals surface area (Å²) in [6.45, 7) is 10.6. The molecule has 0 spiro atoms. The minimum Gasteiger partial charge on any atom is -0.505 e. The Morgan fingerprint density at radius 1 is 1.42 bits per heavy atom. The van der Waals surface area contributed by atoms with Gasteiger partial charge >= 0.3 is 0 Å². The van der Waals surface area contributed by atoms with Gasteiger partial charge in [-0.1, -0.05) is 33.4 Å². The van der Waals surface area contributed by atoms with Crippen LogP contribution in [0.1, 0.15) is 44.0 Å². The lowest BCUT2D eigenvalue weighted by Gasteiger charge is -2.23. The summed E-state index contributed by atoms with van der Waals surface area (Å²) in [5, 5.41) is 22.0. The van der Waals surface area contributed by atoms with Gasteiger partial charge in [-0.2, -0.15) is 5.10 Å². The van der Waals surface area contributed by atoms with Crippen LogP contribution in [0.2, 0.25) is 0 Å². The van der Waals surface area contributed by atoms with Crippen molar-refractivity contribution < 1.29 is 9.90 Å². The zero-order valence-electron chi connectivity index (χ0n) is 15.6. The highest BCUT2D eigenvalue weighted by molar-refractivity contribution is 5.76. The Morgan fingerprint density at radius 3 is 2.73 bits per heavy atom. The van der Waals surface area contributed by atoms with Crippen molar-refractivity contribution in [3.05, 3.63) is 41.7 Å². The summed E-state index contributed by atoms with van der Waals surface area (Å²) in [6.07, 6.45) is 4.06. The van der Waals surface area contributed by atoms with Gasteiger partial charge in [0.25, 0.3) is 0 Å². The minimum atomic E-state index is -0.273. The van der Waals surface area contributed by atoms with Crippen LogP contribution in [0.4, 0.5) is 0 Å². The summed E-state index contributed by atoms with van der Waals surface area (Å²) in [4.78, 5) is 13.3. The van der Waals surface area contributed by atoms with E-state index in [1.165, 1.54) is 4.80 Å². The number of aromatic nitrogens is 3. The van der Waals surface area contributed by atoms with Crippen molar-refractivity contribution in [1.29, 1.82) is 0 Å².